The smallest absolute Gasteiger partial charge is 0.346 e. The molecule has 0 spiro atoms. The second-order valence-electron chi connectivity index (χ2n) is 2.88. The molecule has 76 valence electrons. The fraction of sp³-hybridized carbons (Fsp3) is 0. The molecule has 0 amide bonds. The summed E-state index contributed by atoms with van der Waals surface area (Å²) in [4.78, 5) is 21.7. The number of benzene rings is 1. The summed E-state index contributed by atoms with van der Waals surface area (Å²) in [5.74, 6) is -1.10. The van der Waals surface area contributed by atoms with Crippen LogP contribution in [-0.2, 0) is 0 Å². The van der Waals surface area contributed by atoms with Crippen molar-refractivity contribution in [3.05, 3.63) is 33.7 Å². The molecule has 0 atom stereocenters. The van der Waals surface area contributed by atoms with Crippen molar-refractivity contribution in [2.24, 2.45) is 0 Å². The van der Waals surface area contributed by atoms with Crippen LogP contribution in [0.4, 0.5) is 0 Å². The molecule has 2 rings (SSSR count). The molecule has 0 aliphatic carbocycles. The third-order valence-corrected chi connectivity index (χ3v) is 3.49. The molecule has 1 aromatic heterocycles. The molecule has 0 unspecified atom stereocenters. The lowest BCUT2D eigenvalue weighted by Gasteiger charge is -1.93. The molecule has 0 aliphatic heterocycles. The third kappa shape index (κ3) is 1.52. The Morgan fingerprint density at radius 2 is 2.20 bits per heavy atom. The molecule has 5 heteroatoms. The van der Waals surface area contributed by atoms with Crippen LogP contribution in [0.2, 0.25) is 5.02 Å². The van der Waals surface area contributed by atoms with Gasteiger partial charge in [0.05, 0.1) is 0 Å². The topological polar surface area (TPSA) is 54.4 Å². The van der Waals surface area contributed by atoms with Crippen LogP contribution in [0.25, 0.3) is 10.1 Å². The van der Waals surface area contributed by atoms with Gasteiger partial charge in [-0.25, -0.2) is 4.79 Å². The van der Waals surface area contributed by atoms with Crippen LogP contribution in [0, 0.1) is 0 Å². The van der Waals surface area contributed by atoms with E-state index in [1.54, 1.807) is 18.2 Å². The van der Waals surface area contributed by atoms with Crippen molar-refractivity contribution in [2.45, 2.75) is 0 Å². The Morgan fingerprint density at radius 3 is 2.80 bits per heavy atom. The van der Waals surface area contributed by atoms with Gasteiger partial charge in [-0.3, -0.25) is 4.79 Å². The lowest BCUT2D eigenvalue weighted by Crippen LogP contribution is -1.96. The van der Waals surface area contributed by atoms with Crippen molar-refractivity contribution < 1.29 is 14.7 Å². The number of carboxylic acids is 1. The number of fused-ring (bicyclic) bond motifs is 1. The molecule has 0 bridgehead atoms. The normalized spacial score (nSPS) is 10.5. The molecular formula is C10H5ClO3S. The van der Waals surface area contributed by atoms with Crippen LogP contribution >= 0.6 is 22.9 Å². The van der Waals surface area contributed by atoms with Crippen LogP contribution in [0.1, 0.15) is 20.0 Å². The number of hydrogen-bond acceptors (Lipinski definition) is 3. The van der Waals surface area contributed by atoms with E-state index >= 15 is 0 Å². The van der Waals surface area contributed by atoms with Gasteiger partial charge in [-0.2, -0.15) is 0 Å². The van der Waals surface area contributed by atoms with E-state index in [4.69, 9.17) is 16.7 Å². The zero-order valence-electron chi connectivity index (χ0n) is 7.36. The number of thiophene rings is 1. The van der Waals surface area contributed by atoms with E-state index < -0.39 is 5.97 Å². The van der Waals surface area contributed by atoms with Crippen LogP contribution in [-0.4, -0.2) is 17.4 Å². The minimum atomic E-state index is -1.10. The van der Waals surface area contributed by atoms with Crippen molar-refractivity contribution in [2.75, 3.05) is 0 Å². The van der Waals surface area contributed by atoms with Crippen LogP contribution in [0.15, 0.2) is 18.2 Å². The average molecular weight is 241 g/mol. The van der Waals surface area contributed by atoms with E-state index in [-0.39, 0.29) is 10.4 Å². The molecule has 15 heavy (non-hydrogen) atoms. The zero-order chi connectivity index (χ0) is 11.0. The molecule has 0 radical (unpaired) electrons. The Bertz CT molecular complexity index is 559. The van der Waals surface area contributed by atoms with Crippen LogP contribution < -0.4 is 0 Å². The molecule has 1 N–H and O–H groups in total. The van der Waals surface area contributed by atoms with Gasteiger partial charge < -0.3 is 5.11 Å². The molecule has 1 heterocycles. The average Bonchev–Trinajstić information content (AvgIpc) is 2.57. The summed E-state index contributed by atoms with van der Waals surface area (Å²) in [6.07, 6.45) is 0.536. The molecule has 0 saturated carbocycles. The lowest BCUT2D eigenvalue weighted by molar-refractivity contribution is 0.0699. The first kappa shape index (κ1) is 10.1. The van der Waals surface area contributed by atoms with E-state index in [1.165, 1.54) is 0 Å². The number of aromatic carboxylic acids is 1. The lowest BCUT2D eigenvalue weighted by atomic mass is 10.1. The summed E-state index contributed by atoms with van der Waals surface area (Å²) >= 11 is 6.97. The van der Waals surface area contributed by atoms with Crippen molar-refractivity contribution in [3.63, 3.8) is 0 Å². The summed E-state index contributed by atoms with van der Waals surface area (Å²) in [6, 6.07) is 5.10. The first-order chi connectivity index (χ1) is 7.15. The minimum Gasteiger partial charge on any atom is -0.477 e. The number of halogens is 1. The Hall–Kier alpha value is -1.39. The van der Waals surface area contributed by atoms with E-state index in [1.807, 2.05) is 0 Å². The van der Waals surface area contributed by atoms with Crippen molar-refractivity contribution in [3.8, 4) is 0 Å². The van der Waals surface area contributed by atoms with Gasteiger partial charge in [0.25, 0.3) is 0 Å². The number of carbonyl (C=O) groups is 2. The number of rotatable bonds is 2. The van der Waals surface area contributed by atoms with E-state index in [0.29, 0.717) is 21.4 Å². The summed E-state index contributed by atoms with van der Waals surface area (Å²) in [7, 11) is 0. The standard InChI is InChI=1S/C10H5ClO3S/c11-6-2-1-3-7-8(6)5(4-12)9(15-7)10(13)14/h1-4H,(H,13,14). The Kier molecular flexibility index (Phi) is 2.46. The van der Waals surface area contributed by atoms with Gasteiger partial charge >= 0.3 is 5.97 Å². The summed E-state index contributed by atoms with van der Waals surface area (Å²) < 4.78 is 0.710. The molecule has 3 nitrogen and oxygen atoms in total. The molecule has 2 aromatic rings. The summed E-state index contributed by atoms with van der Waals surface area (Å²) in [5, 5.41) is 9.82. The second-order valence-corrected chi connectivity index (χ2v) is 4.34. The molecular weight excluding hydrogens is 236 g/mol. The first-order valence-corrected chi connectivity index (χ1v) is 5.24. The highest BCUT2D eigenvalue weighted by Crippen LogP contribution is 2.34. The molecule has 0 fully saturated rings. The zero-order valence-corrected chi connectivity index (χ0v) is 8.93. The van der Waals surface area contributed by atoms with Gasteiger partial charge in [-0.05, 0) is 12.1 Å². The number of hydrogen-bond donors (Lipinski definition) is 1. The highest BCUT2D eigenvalue weighted by molar-refractivity contribution is 7.21. The predicted molar refractivity (Wildman–Crippen MR) is 59.2 cm³/mol. The number of carbonyl (C=O) groups excluding carboxylic acids is 1. The number of aldehydes is 1. The van der Waals surface area contributed by atoms with Gasteiger partial charge in [-0.1, -0.05) is 17.7 Å². The molecule has 0 aliphatic rings. The van der Waals surface area contributed by atoms with Crippen molar-refractivity contribution >= 4 is 45.3 Å². The maximum atomic E-state index is 10.9. The number of carboxylic acid groups (broad SMARTS) is 1. The third-order valence-electron chi connectivity index (χ3n) is 2.01. The fourth-order valence-electron chi connectivity index (χ4n) is 1.40. The summed E-state index contributed by atoms with van der Waals surface area (Å²) in [6.45, 7) is 0. The first-order valence-electron chi connectivity index (χ1n) is 4.04. The fourth-order valence-corrected chi connectivity index (χ4v) is 2.77. The maximum absolute atomic E-state index is 10.9. The van der Waals surface area contributed by atoms with E-state index in [2.05, 4.69) is 0 Å². The van der Waals surface area contributed by atoms with E-state index in [9.17, 15) is 9.59 Å². The second kappa shape index (κ2) is 3.64. The van der Waals surface area contributed by atoms with E-state index in [0.717, 1.165) is 11.3 Å². The van der Waals surface area contributed by atoms with Crippen LogP contribution in [0.5, 0.6) is 0 Å². The highest BCUT2D eigenvalue weighted by Gasteiger charge is 2.18. The molecule has 0 saturated heterocycles. The van der Waals surface area contributed by atoms with Gasteiger partial charge in [0.1, 0.15) is 4.88 Å². The van der Waals surface area contributed by atoms with Gasteiger partial charge in [0, 0.05) is 20.7 Å². The van der Waals surface area contributed by atoms with Crippen molar-refractivity contribution in [1.29, 1.82) is 0 Å². The highest BCUT2D eigenvalue weighted by atomic mass is 35.5. The largest absolute Gasteiger partial charge is 0.477 e. The SMILES string of the molecule is O=Cc1c(C(=O)O)sc2cccc(Cl)c12. The Morgan fingerprint density at radius 1 is 1.47 bits per heavy atom. The predicted octanol–water partition coefficient (Wildman–Crippen LogP) is 3.07. The van der Waals surface area contributed by atoms with Crippen LogP contribution in [0.3, 0.4) is 0 Å². The minimum absolute atomic E-state index is 0.0353. The van der Waals surface area contributed by atoms with Crippen molar-refractivity contribution in [1.82, 2.24) is 0 Å². The molecule has 1 aromatic carbocycles. The van der Waals surface area contributed by atoms with Gasteiger partial charge in [0.15, 0.2) is 6.29 Å². The Balaban J connectivity index is 2.92. The van der Waals surface area contributed by atoms with Gasteiger partial charge in [-0.15, -0.1) is 11.3 Å². The van der Waals surface area contributed by atoms with Gasteiger partial charge in [0.2, 0.25) is 0 Å². The summed E-state index contributed by atoms with van der Waals surface area (Å²) in [5.41, 5.74) is 0.160. The quantitative estimate of drug-likeness (QED) is 0.821. The monoisotopic (exact) mass is 240 g/mol. The Labute approximate surface area is 93.9 Å². The maximum Gasteiger partial charge on any atom is 0.346 e.